The van der Waals surface area contributed by atoms with Gasteiger partial charge in [-0.15, -0.1) is 0 Å². The number of carbonyl (C=O) groups excluding carboxylic acids is 1. The maximum absolute atomic E-state index is 12.2. The molecule has 1 aliphatic heterocycles. The largest absolute Gasteiger partial charge is 0.393 e. The van der Waals surface area contributed by atoms with Gasteiger partial charge < -0.3 is 10.6 Å². The van der Waals surface area contributed by atoms with Crippen molar-refractivity contribution in [3.63, 3.8) is 0 Å². The number of carbonyl (C=O) groups is 1. The average Bonchev–Trinajstić information content (AvgIpc) is 2.17. The molecule has 1 rings (SSSR count). The number of nitrogens with zero attached hydrogens (tertiary/aromatic N) is 1. The van der Waals surface area contributed by atoms with E-state index in [1.54, 1.807) is 0 Å². The third kappa shape index (κ3) is 3.17. The molecule has 4 heteroatoms. The predicted octanol–water partition coefficient (Wildman–Crippen LogP) is 1.80. The van der Waals surface area contributed by atoms with Crippen molar-refractivity contribution in [2.75, 3.05) is 13.1 Å². The van der Waals surface area contributed by atoms with E-state index in [1.165, 1.54) is 0 Å². The summed E-state index contributed by atoms with van der Waals surface area (Å²) in [5.41, 5.74) is 5.66. The molecule has 0 radical (unpaired) electrons. The summed E-state index contributed by atoms with van der Waals surface area (Å²) in [6.45, 7) is 7.93. The van der Waals surface area contributed by atoms with E-state index in [-0.39, 0.29) is 17.7 Å². The average molecular weight is 242 g/mol. The highest BCUT2D eigenvalue weighted by Gasteiger charge is 2.30. The lowest BCUT2D eigenvalue weighted by molar-refractivity contribution is -0.135. The fraction of sp³-hybridized carbons (Fsp3) is 0.833. The van der Waals surface area contributed by atoms with Crippen LogP contribution in [-0.4, -0.2) is 28.9 Å². The molecule has 0 spiro atoms. The van der Waals surface area contributed by atoms with Crippen molar-refractivity contribution >= 4 is 23.1 Å². The second-order valence-corrected chi connectivity index (χ2v) is 5.60. The minimum atomic E-state index is -0.289. The summed E-state index contributed by atoms with van der Waals surface area (Å²) in [6.07, 6.45) is 2.18. The van der Waals surface area contributed by atoms with Crippen LogP contribution < -0.4 is 5.73 Å². The molecule has 1 saturated heterocycles. The van der Waals surface area contributed by atoms with E-state index < -0.39 is 0 Å². The Hall–Kier alpha value is -0.640. The molecule has 3 nitrogen and oxygen atoms in total. The molecular weight excluding hydrogens is 220 g/mol. The minimum Gasteiger partial charge on any atom is -0.393 e. The van der Waals surface area contributed by atoms with Gasteiger partial charge in [-0.1, -0.05) is 33.0 Å². The van der Waals surface area contributed by atoms with Crippen molar-refractivity contribution in [3.8, 4) is 0 Å². The summed E-state index contributed by atoms with van der Waals surface area (Å²) >= 11 is 4.99. The van der Waals surface area contributed by atoms with Crippen LogP contribution in [0.25, 0.3) is 0 Å². The van der Waals surface area contributed by atoms with Gasteiger partial charge in [0.25, 0.3) is 0 Å². The molecule has 1 fully saturated rings. The SMILES string of the molecule is CC1CCN(C(=O)C(C(N)=S)C(C)C)CC1. The van der Waals surface area contributed by atoms with Gasteiger partial charge in [0.1, 0.15) is 0 Å². The summed E-state index contributed by atoms with van der Waals surface area (Å²) in [7, 11) is 0. The normalized spacial score (nSPS) is 19.9. The van der Waals surface area contributed by atoms with E-state index in [9.17, 15) is 4.79 Å². The van der Waals surface area contributed by atoms with Crippen LogP contribution in [0.15, 0.2) is 0 Å². The van der Waals surface area contributed by atoms with Crippen molar-refractivity contribution in [1.29, 1.82) is 0 Å². The molecule has 1 heterocycles. The maximum Gasteiger partial charge on any atom is 0.232 e. The van der Waals surface area contributed by atoms with Gasteiger partial charge in [-0.05, 0) is 24.7 Å². The monoisotopic (exact) mass is 242 g/mol. The highest BCUT2D eigenvalue weighted by molar-refractivity contribution is 7.80. The van der Waals surface area contributed by atoms with E-state index in [2.05, 4.69) is 6.92 Å². The Morgan fingerprint density at radius 3 is 2.25 bits per heavy atom. The van der Waals surface area contributed by atoms with Crippen molar-refractivity contribution in [3.05, 3.63) is 0 Å². The van der Waals surface area contributed by atoms with Crippen LogP contribution in [0.5, 0.6) is 0 Å². The van der Waals surface area contributed by atoms with Crippen LogP contribution in [0, 0.1) is 17.8 Å². The lowest BCUT2D eigenvalue weighted by Gasteiger charge is -2.33. The van der Waals surface area contributed by atoms with Crippen LogP contribution in [0.2, 0.25) is 0 Å². The Kier molecular flexibility index (Phi) is 4.71. The van der Waals surface area contributed by atoms with Gasteiger partial charge in [0.2, 0.25) is 5.91 Å². The molecule has 1 amide bonds. The Labute approximate surface area is 103 Å². The van der Waals surface area contributed by atoms with Gasteiger partial charge >= 0.3 is 0 Å². The fourth-order valence-electron chi connectivity index (χ4n) is 2.16. The van der Waals surface area contributed by atoms with Crippen molar-refractivity contribution < 1.29 is 4.79 Å². The molecule has 0 aromatic carbocycles. The van der Waals surface area contributed by atoms with Crippen LogP contribution in [0.1, 0.15) is 33.6 Å². The summed E-state index contributed by atoms with van der Waals surface area (Å²) < 4.78 is 0. The molecular formula is C12H22N2OS. The first-order valence-corrected chi connectivity index (χ1v) is 6.42. The van der Waals surface area contributed by atoms with Gasteiger partial charge in [-0.3, -0.25) is 4.79 Å². The zero-order valence-electron chi connectivity index (χ0n) is 10.4. The predicted molar refractivity (Wildman–Crippen MR) is 70.1 cm³/mol. The lowest BCUT2D eigenvalue weighted by atomic mass is 9.92. The minimum absolute atomic E-state index is 0.120. The second kappa shape index (κ2) is 5.62. The molecule has 1 unspecified atom stereocenters. The van der Waals surface area contributed by atoms with Crippen molar-refractivity contribution in [2.24, 2.45) is 23.5 Å². The summed E-state index contributed by atoms with van der Waals surface area (Å²) in [5.74, 6) is 0.744. The van der Waals surface area contributed by atoms with E-state index >= 15 is 0 Å². The third-order valence-corrected chi connectivity index (χ3v) is 3.59. The Balaban J connectivity index is 2.65. The van der Waals surface area contributed by atoms with Crippen LogP contribution in [0.4, 0.5) is 0 Å². The number of hydrogen-bond acceptors (Lipinski definition) is 2. The van der Waals surface area contributed by atoms with Crippen LogP contribution >= 0.6 is 12.2 Å². The molecule has 0 aromatic rings. The number of rotatable bonds is 3. The number of hydrogen-bond donors (Lipinski definition) is 1. The molecule has 0 aromatic heterocycles. The number of nitrogens with two attached hydrogens (primary N) is 1. The standard InChI is InChI=1S/C12H22N2OS/c1-8(2)10(11(13)16)12(15)14-6-4-9(3)5-7-14/h8-10H,4-7H2,1-3H3,(H2,13,16). The van der Waals surface area contributed by atoms with Crippen LogP contribution in [-0.2, 0) is 4.79 Å². The first kappa shape index (κ1) is 13.4. The summed E-state index contributed by atoms with van der Waals surface area (Å²) in [6, 6.07) is 0. The second-order valence-electron chi connectivity index (χ2n) is 5.13. The van der Waals surface area contributed by atoms with Crippen molar-refractivity contribution in [2.45, 2.75) is 33.6 Å². The summed E-state index contributed by atoms with van der Waals surface area (Å²) in [4.78, 5) is 14.5. The topological polar surface area (TPSA) is 46.3 Å². The zero-order valence-corrected chi connectivity index (χ0v) is 11.2. The first-order valence-electron chi connectivity index (χ1n) is 6.01. The van der Waals surface area contributed by atoms with Crippen LogP contribution in [0.3, 0.4) is 0 Å². The molecule has 1 aliphatic rings. The van der Waals surface area contributed by atoms with Gasteiger partial charge in [0.15, 0.2) is 0 Å². The maximum atomic E-state index is 12.2. The van der Waals surface area contributed by atoms with E-state index in [0.717, 1.165) is 31.8 Å². The van der Waals surface area contributed by atoms with Crippen molar-refractivity contribution in [1.82, 2.24) is 4.90 Å². The summed E-state index contributed by atoms with van der Waals surface area (Å²) in [5, 5.41) is 0. The molecule has 0 aliphatic carbocycles. The molecule has 2 N–H and O–H groups in total. The highest BCUT2D eigenvalue weighted by atomic mass is 32.1. The van der Waals surface area contributed by atoms with Gasteiger partial charge in [-0.2, -0.15) is 0 Å². The third-order valence-electron chi connectivity index (χ3n) is 3.33. The van der Waals surface area contributed by atoms with Gasteiger partial charge in [0, 0.05) is 13.1 Å². The molecule has 0 bridgehead atoms. The first-order chi connectivity index (χ1) is 7.43. The van der Waals surface area contributed by atoms with Gasteiger partial charge in [0.05, 0.1) is 10.9 Å². The highest BCUT2D eigenvalue weighted by Crippen LogP contribution is 2.21. The fourth-order valence-corrected chi connectivity index (χ4v) is 2.53. The molecule has 16 heavy (non-hydrogen) atoms. The smallest absolute Gasteiger partial charge is 0.232 e. The number of likely N-dealkylation sites (tertiary alicyclic amines) is 1. The molecule has 0 saturated carbocycles. The molecule has 1 atom stereocenters. The Morgan fingerprint density at radius 2 is 1.88 bits per heavy atom. The molecule has 92 valence electrons. The number of thiocarbonyl (C=S) groups is 1. The number of amides is 1. The van der Waals surface area contributed by atoms with E-state index in [0.29, 0.717) is 4.99 Å². The van der Waals surface area contributed by atoms with E-state index in [1.807, 2.05) is 18.7 Å². The van der Waals surface area contributed by atoms with E-state index in [4.69, 9.17) is 18.0 Å². The van der Waals surface area contributed by atoms with Gasteiger partial charge in [-0.25, -0.2) is 0 Å². The Morgan fingerprint density at radius 1 is 1.38 bits per heavy atom. The quantitative estimate of drug-likeness (QED) is 0.768. The Bertz CT molecular complexity index is 270. The number of piperidine rings is 1. The zero-order chi connectivity index (χ0) is 12.3. The lowest BCUT2D eigenvalue weighted by Crippen LogP contribution is -2.46.